The Labute approximate surface area is 160 Å². The fraction of sp³-hybridized carbons (Fsp3) is 0.100. The number of hydrogen-bond acceptors (Lipinski definition) is 5. The lowest BCUT2D eigenvalue weighted by Crippen LogP contribution is -2.15. The van der Waals surface area contributed by atoms with Crippen LogP contribution in [0.25, 0.3) is 0 Å². The third kappa shape index (κ3) is 4.73. The molecule has 0 aliphatic rings. The molecule has 0 atom stereocenters. The van der Waals surface area contributed by atoms with Gasteiger partial charge in [-0.3, -0.25) is 4.79 Å². The lowest BCUT2D eigenvalue weighted by atomic mass is 10.1. The number of rotatable bonds is 7. The normalized spacial score (nSPS) is 10.4. The lowest BCUT2D eigenvalue weighted by molar-refractivity contribution is 0.100. The summed E-state index contributed by atoms with van der Waals surface area (Å²) in [7, 11) is 1.57. The van der Waals surface area contributed by atoms with Gasteiger partial charge in [-0.05, 0) is 29.8 Å². The van der Waals surface area contributed by atoms with Gasteiger partial charge in [-0.1, -0.05) is 6.07 Å². The number of amides is 1. The van der Waals surface area contributed by atoms with Gasteiger partial charge in [-0.2, -0.15) is 0 Å². The van der Waals surface area contributed by atoms with Gasteiger partial charge in [0.15, 0.2) is 0 Å². The summed E-state index contributed by atoms with van der Waals surface area (Å²) in [6, 6.07) is 12.0. The molecule has 0 unspecified atom stereocenters. The number of anilines is 3. The van der Waals surface area contributed by atoms with Crippen molar-refractivity contribution in [1.82, 2.24) is 4.98 Å². The molecule has 0 spiro atoms. The molecule has 3 rings (SSSR count). The first-order valence-electron chi connectivity index (χ1n) is 8.34. The summed E-state index contributed by atoms with van der Waals surface area (Å²) in [5, 5.41) is 6.07. The minimum Gasteiger partial charge on any atom is -0.497 e. The van der Waals surface area contributed by atoms with Gasteiger partial charge < -0.3 is 21.1 Å². The average Bonchev–Trinajstić information content (AvgIpc) is 2.65. The molecule has 2 aromatic carbocycles. The molecule has 0 aliphatic heterocycles. The zero-order chi connectivity index (χ0) is 20.1. The van der Waals surface area contributed by atoms with Crippen LogP contribution >= 0.6 is 0 Å². The number of aromatic nitrogens is 1. The number of hydrogen-bond donors (Lipinski definition) is 3. The van der Waals surface area contributed by atoms with E-state index in [-0.39, 0.29) is 12.1 Å². The molecule has 1 aromatic heterocycles. The Morgan fingerprint density at radius 1 is 1.14 bits per heavy atom. The molecule has 1 heterocycles. The van der Waals surface area contributed by atoms with Crippen molar-refractivity contribution in [3.63, 3.8) is 0 Å². The van der Waals surface area contributed by atoms with Crippen LogP contribution in [0.4, 0.5) is 26.0 Å². The van der Waals surface area contributed by atoms with Gasteiger partial charge in [0.25, 0.3) is 5.91 Å². The monoisotopic (exact) mass is 384 g/mol. The number of ether oxygens (including phenoxy) is 1. The van der Waals surface area contributed by atoms with E-state index in [2.05, 4.69) is 15.6 Å². The third-order valence-electron chi connectivity index (χ3n) is 3.92. The van der Waals surface area contributed by atoms with Crippen LogP contribution in [0.5, 0.6) is 5.75 Å². The SMILES string of the molecule is COc1cccc(Nc2cc(NCc3cc(F)cc(F)c3)c(C(N)=O)cn2)c1. The molecule has 6 nitrogen and oxygen atoms in total. The second-order valence-electron chi connectivity index (χ2n) is 5.97. The number of pyridine rings is 1. The zero-order valence-electron chi connectivity index (χ0n) is 15.0. The lowest BCUT2D eigenvalue weighted by Gasteiger charge is -2.13. The first-order chi connectivity index (χ1) is 13.4. The van der Waals surface area contributed by atoms with Gasteiger partial charge in [0.2, 0.25) is 0 Å². The van der Waals surface area contributed by atoms with E-state index in [4.69, 9.17) is 10.5 Å². The zero-order valence-corrected chi connectivity index (χ0v) is 15.0. The Bertz CT molecular complexity index is 991. The number of benzene rings is 2. The minimum absolute atomic E-state index is 0.0948. The molecule has 0 aliphatic carbocycles. The van der Waals surface area contributed by atoms with Crippen LogP contribution in [0.1, 0.15) is 15.9 Å². The van der Waals surface area contributed by atoms with Crippen LogP contribution in [-0.4, -0.2) is 18.0 Å². The summed E-state index contributed by atoms with van der Waals surface area (Å²) in [4.78, 5) is 15.9. The average molecular weight is 384 g/mol. The Kier molecular flexibility index (Phi) is 5.69. The Morgan fingerprint density at radius 3 is 2.57 bits per heavy atom. The van der Waals surface area contributed by atoms with Crippen LogP contribution in [0, 0.1) is 11.6 Å². The van der Waals surface area contributed by atoms with E-state index in [9.17, 15) is 13.6 Å². The summed E-state index contributed by atoms with van der Waals surface area (Å²) in [6.45, 7) is 0.0948. The smallest absolute Gasteiger partial charge is 0.252 e. The molecule has 3 aromatic rings. The molecule has 0 saturated heterocycles. The molecule has 0 saturated carbocycles. The molecule has 8 heteroatoms. The highest BCUT2D eigenvalue weighted by molar-refractivity contribution is 5.98. The number of primary amides is 1. The molecule has 0 fully saturated rings. The van der Waals surface area contributed by atoms with Crippen LogP contribution in [0.2, 0.25) is 0 Å². The fourth-order valence-electron chi connectivity index (χ4n) is 2.63. The van der Waals surface area contributed by atoms with Crippen molar-refractivity contribution in [2.24, 2.45) is 5.73 Å². The van der Waals surface area contributed by atoms with Crippen molar-refractivity contribution >= 4 is 23.1 Å². The number of carbonyl (C=O) groups is 1. The number of nitrogens with two attached hydrogens (primary N) is 1. The van der Waals surface area contributed by atoms with Crippen LogP contribution < -0.4 is 21.1 Å². The first-order valence-corrected chi connectivity index (χ1v) is 8.34. The van der Waals surface area contributed by atoms with Crippen molar-refractivity contribution in [2.75, 3.05) is 17.7 Å². The summed E-state index contributed by atoms with van der Waals surface area (Å²) < 4.78 is 31.9. The van der Waals surface area contributed by atoms with E-state index in [1.807, 2.05) is 12.1 Å². The van der Waals surface area contributed by atoms with Crippen molar-refractivity contribution < 1.29 is 18.3 Å². The highest BCUT2D eigenvalue weighted by Crippen LogP contribution is 2.24. The minimum atomic E-state index is -0.679. The second-order valence-corrected chi connectivity index (χ2v) is 5.97. The summed E-state index contributed by atoms with van der Waals surface area (Å²) in [6.07, 6.45) is 1.33. The number of carbonyl (C=O) groups excluding carboxylic acids is 1. The quantitative estimate of drug-likeness (QED) is 0.576. The van der Waals surface area contributed by atoms with E-state index in [1.54, 1.807) is 25.3 Å². The van der Waals surface area contributed by atoms with Crippen molar-refractivity contribution in [2.45, 2.75) is 6.54 Å². The van der Waals surface area contributed by atoms with Crippen molar-refractivity contribution in [3.8, 4) is 5.75 Å². The summed E-state index contributed by atoms with van der Waals surface area (Å²) in [5.74, 6) is -0.908. The number of nitrogens with one attached hydrogen (secondary N) is 2. The molecule has 4 N–H and O–H groups in total. The third-order valence-corrected chi connectivity index (χ3v) is 3.92. The van der Waals surface area contributed by atoms with E-state index in [0.29, 0.717) is 22.8 Å². The Hall–Kier alpha value is -3.68. The maximum absolute atomic E-state index is 13.4. The summed E-state index contributed by atoms with van der Waals surface area (Å²) >= 11 is 0. The van der Waals surface area contributed by atoms with Crippen molar-refractivity contribution in [3.05, 3.63) is 77.5 Å². The van der Waals surface area contributed by atoms with Gasteiger partial charge in [-0.25, -0.2) is 13.8 Å². The largest absolute Gasteiger partial charge is 0.497 e. The van der Waals surface area contributed by atoms with Crippen LogP contribution in [-0.2, 0) is 6.54 Å². The van der Waals surface area contributed by atoms with E-state index < -0.39 is 17.5 Å². The fourth-order valence-corrected chi connectivity index (χ4v) is 2.63. The van der Waals surface area contributed by atoms with Gasteiger partial charge >= 0.3 is 0 Å². The van der Waals surface area contributed by atoms with Gasteiger partial charge in [0, 0.05) is 36.6 Å². The van der Waals surface area contributed by atoms with E-state index in [0.717, 1.165) is 11.8 Å². The molecular weight excluding hydrogens is 366 g/mol. The molecule has 28 heavy (non-hydrogen) atoms. The number of methoxy groups -OCH3 is 1. The van der Waals surface area contributed by atoms with Crippen LogP contribution in [0.3, 0.4) is 0 Å². The first kappa shape index (κ1) is 19.1. The topological polar surface area (TPSA) is 89.3 Å². The Morgan fingerprint density at radius 2 is 1.89 bits per heavy atom. The van der Waals surface area contributed by atoms with E-state index >= 15 is 0 Å². The van der Waals surface area contributed by atoms with Gasteiger partial charge in [-0.15, -0.1) is 0 Å². The standard InChI is InChI=1S/C20H18F2N4O2/c1-28-16-4-2-3-15(8-16)26-19-9-18(17(11-25-19)20(23)27)24-10-12-5-13(21)7-14(22)6-12/h2-9,11H,10H2,1H3,(H2,23,27)(H2,24,25,26). The summed E-state index contributed by atoms with van der Waals surface area (Å²) in [5.41, 5.74) is 7.06. The number of nitrogens with zero attached hydrogens (tertiary/aromatic N) is 1. The van der Waals surface area contributed by atoms with Gasteiger partial charge in [0.05, 0.1) is 18.4 Å². The number of halogens is 2. The molecular formula is C20H18F2N4O2. The highest BCUT2D eigenvalue weighted by Gasteiger charge is 2.11. The second kappa shape index (κ2) is 8.34. The highest BCUT2D eigenvalue weighted by atomic mass is 19.1. The van der Waals surface area contributed by atoms with Gasteiger partial charge in [0.1, 0.15) is 23.2 Å². The molecule has 1 amide bonds. The predicted octanol–water partition coefficient (Wildman–Crippen LogP) is 3.82. The van der Waals surface area contributed by atoms with Crippen molar-refractivity contribution in [1.29, 1.82) is 0 Å². The maximum Gasteiger partial charge on any atom is 0.252 e. The molecule has 0 bridgehead atoms. The molecule has 144 valence electrons. The maximum atomic E-state index is 13.4. The predicted molar refractivity (Wildman–Crippen MR) is 103 cm³/mol. The molecule has 0 radical (unpaired) electrons. The van der Waals surface area contributed by atoms with E-state index in [1.165, 1.54) is 18.3 Å². The van der Waals surface area contributed by atoms with Crippen LogP contribution in [0.15, 0.2) is 54.7 Å². The Balaban J connectivity index is 1.83.